The lowest BCUT2D eigenvalue weighted by Gasteiger charge is -2.23. The van der Waals surface area contributed by atoms with Gasteiger partial charge in [0.05, 0.1) is 0 Å². The first-order valence-corrected chi connectivity index (χ1v) is 10.0. The third kappa shape index (κ3) is 4.69. The van der Waals surface area contributed by atoms with Crippen LogP contribution in [0, 0.1) is 0 Å². The molecule has 6 heteroatoms. The van der Waals surface area contributed by atoms with E-state index in [4.69, 9.17) is 11.6 Å². The molecule has 1 aliphatic rings. The number of nitrogens with zero attached hydrogens (tertiary/aromatic N) is 2. The van der Waals surface area contributed by atoms with Gasteiger partial charge < -0.3 is 10.2 Å². The van der Waals surface area contributed by atoms with Crippen LogP contribution in [0.1, 0.15) is 30.1 Å². The SMILES string of the molecule is ClC(CC(CNc1nccs1)c1cccs1)CN1CCCC1. The number of likely N-dealkylation sites (tertiary alicyclic amines) is 1. The van der Waals surface area contributed by atoms with Crippen LogP contribution in [0.4, 0.5) is 5.13 Å². The van der Waals surface area contributed by atoms with Gasteiger partial charge in [-0.2, -0.15) is 0 Å². The van der Waals surface area contributed by atoms with Gasteiger partial charge in [-0.1, -0.05) is 6.07 Å². The molecule has 1 aliphatic heterocycles. The average molecular weight is 356 g/mol. The van der Waals surface area contributed by atoms with Gasteiger partial charge in [0, 0.05) is 40.8 Å². The highest BCUT2D eigenvalue weighted by Gasteiger charge is 2.21. The maximum atomic E-state index is 6.66. The zero-order chi connectivity index (χ0) is 15.2. The highest BCUT2D eigenvalue weighted by atomic mass is 35.5. The summed E-state index contributed by atoms with van der Waals surface area (Å²) < 4.78 is 0. The number of halogens is 1. The molecule has 0 saturated carbocycles. The molecule has 1 N–H and O–H groups in total. The van der Waals surface area contributed by atoms with Gasteiger partial charge in [-0.3, -0.25) is 0 Å². The van der Waals surface area contributed by atoms with Crippen molar-refractivity contribution < 1.29 is 0 Å². The molecule has 120 valence electrons. The molecule has 0 amide bonds. The first-order chi connectivity index (χ1) is 10.8. The Labute approximate surface area is 145 Å². The second-order valence-electron chi connectivity index (χ2n) is 5.77. The van der Waals surface area contributed by atoms with Crippen LogP contribution >= 0.6 is 34.3 Å². The molecular formula is C16H22ClN3S2. The molecular weight excluding hydrogens is 334 g/mol. The zero-order valence-electron chi connectivity index (χ0n) is 12.6. The molecule has 0 bridgehead atoms. The largest absolute Gasteiger partial charge is 0.361 e. The Morgan fingerprint density at radius 2 is 2.14 bits per heavy atom. The Hall–Kier alpha value is -0.620. The molecule has 0 spiro atoms. The second-order valence-corrected chi connectivity index (χ2v) is 8.26. The van der Waals surface area contributed by atoms with Crippen molar-refractivity contribution in [3.05, 3.63) is 34.0 Å². The number of hydrogen-bond donors (Lipinski definition) is 1. The Morgan fingerprint density at radius 3 is 2.82 bits per heavy atom. The normalized spacial score (nSPS) is 18.4. The molecule has 2 aromatic rings. The first-order valence-electron chi connectivity index (χ1n) is 7.84. The molecule has 2 atom stereocenters. The first kappa shape index (κ1) is 16.2. The fraction of sp³-hybridized carbons (Fsp3) is 0.562. The number of thiophene rings is 1. The fourth-order valence-corrected chi connectivity index (χ4v) is 4.77. The van der Waals surface area contributed by atoms with Crippen molar-refractivity contribution in [1.82, 2.24) is 9.88 Å². The number of aromatic nitrogens is 1. The number of alkyl halides is 1. The lowest BCUT2D eigenvalue weighted by Crippen LogP contribution is -2.29. The van der Waals surface area contributed by atoms with Gasteiger partial charge in [-0.25, -0.2) is 4.98 Å². The van der Waals surface area contributed by atoms with Crippen LogP contribution in [-0.2, 0) is 0 Å². The second kappa shape index (κ2) is 8.29. The number of thiazole rings is 1. The molecule has 0 aliphatic carbocycles. The van der Waals surface area contributed by atoms with E-state index in [-0.39, 0.29) is 5.38 Å². The summed E-state index contributed by atoms with van der Waals surface area (Å²) in [5, 5.41) is 8.81. The highest BCUT2D eigenvalue weighted by molar-refractivity contribution is 7.13. The van der Waals surface area contributed by atoms with E-state index >= 15 is 0 Å². The van der Waals surface area contributed by atoms with Gasteiger partial charge in [0.25, 0.3) is 0 Å². The van der Waals surface area contributed by atoms with Crippen molar-refractivity contribution in [3.8, 4) is 0 Å². The predicted molar refractivity (Wildman–Crippen MR) is 97.6 cm³/mol. The summed E-state index contributed by atoms with van der Waals surface area (Å²) in [7, 11) is 0. The van der Waals surface area contributed by atoms with Gasteiger partial charge in [-0.15, -0.1) is 34.3 Å². The average Bonchev–Trinajstić information content (AvgIpc) is 3.24. The monoisotopic (exact) mass is 355 g/mol. The van der Waals surface area contributed by atoms with Crippen molar-refractivity contribution in [3.63, 3.8) is 0 Å². The lowest BCUT2D eigenvalue weighted by atomic mass is 10.0. The summed E-state index contributed by atoms with van der Waals surface area (Å²) in [6, 6.07) is 4.35. The standard InChI is InChI=1S/C16H22ClN3S2/c17-14(12-20-6-1-2-7-20)10-13(15-4-3-8-21-15)11-19-16-18-5-9-22-16/h3-5,8-9,13-14H,1-2,6-7,10-12H2,(H,18,19). The van der Waals surface area contributed by atoms with E-state index in [0.29, 0.717) is 5.92 Å². The minimum absolute atomic E-state index is 0.211. The molecule has 0 aromatic carbocycles. The maximum Gasteiger partial charge on any atom is 0.182 e. The van der Waals surface area contributed by atoms with E-state index in [0.717, 1.165) is 24.6 Å². The lowest BCUT2D eigenvalue weighted by molar-refractivity contribution is 0.329. The van der Waals surface area contributed by atoms with Crippen LogP contribution in [-0.4, -0.2) is 41.4 Å². The summed E-state index contributed by atoms with van der Waals surface area (Å²) in [6.45, 7) is 4.34. The molecule has 2 unspecified atom stereocenters. The Balaban J connectivity index is 1.55. The number of hydrogen-bond acceptors (Lipinski definition) is 5. The van der Waals surface area contributed by atoms with E-state index < -0.39 is 0 Å². The van der Waals surface area contributed by atoms with Crippen LogP contribution in [0.25, 0.3) is 0 Å². The molecule has 22 heavy (non-hydrogen) atoms. The minimum Gasteiger partial charge on any atom is -0.361 e. The van der Waals surface area contributed by atoms with Crippen LogP contribution in [0.2, 0.25) is 0 Å². The van der Waals surface area contributed by atoms with Crippen molar-refractivity contribution >= 4 is 39.4 Å². The van der Waals surface area contributed by atoms with Crippen molar-refractivity contribution in [2.75, 3.05) is 31.5 Å². The Kier molecular flexibility index (Phi) is 6.12. The number of rotatable bonds is 8. The van der Waals surface area contributed by atoms with Crippen LogP contribution in [0.3, 0.4) is 0 Å². The number of nitrogens with one attached hydrogen (secondary N) is 1. The topological polar surface area (TPSA) is 28.2 Å². The van der Waals surface area contributed by atoms with Gasteiger partial charge in [-0.05, 0) is 43.8 Å². The van der Waals surface area contributed by atoms with Gasteiger partial charge in [0.2, 0.25) is 0 Å². The van der Waals surface area contributed by atoms with Crippen molar-refractivity contribution in [2.45, 2.75) is 30.6 Å². The summed E-state index contributed by atoms with van der Waals surface area (Å²) >= 11 is 10.1. The predicted octanol–water partition coefficient (Wildman–Crippen LogP) is 4.49. The summed E-state index contributed by atoms with van der Waals surface area (Å²) in [6.07, 6.45) is 5.49. The zero-order valence-corrected chi connectivity index (χ0v) is 15.0. The van der Waals surface area contributed by atoms with Crippen LogP contribution in [0.15, 0.2) is 29.1 Å². The number of anilines is 1. The summed E-state index contributed by atoms with van der Waals surface area (Å²) in [5.41, 5.74) is 0. The van der Waals surface area contributed by atoms with Crippen LogP contribution < -0.4 is 5.32 Å². The highest BCUT2D eigenvalue weighted by Crippen LogP contribution is 2.29. The summed E-state index contributed by atoms with van der Waals surface area (Å²) in [4.78, 5) is 8.21. The van der Waals surface area contributed by atoms with Crippen LogP contribution in [0.5, 0.6) is 0 Å². The Morgan fingerprint density at radius 1 is 1.27 bits per heavy atom. The van der Waals surface area contributed by atoms with Crippen molar-refractivity contribution in [2.24, 2.45) is 0 Å². The van der Waals surface area contributed by atoms with Gasteiger partial charge >= 0.3 is 0 Å². The smallest absolute Gasteiger partial charge is 0.182 e. The molecule has 1 fully saturated rings. The van der Waals surface area contributed by atoms with Crippen molar-refractivity contribution in [1.29, 1.82) is 0 Å². The molecule has 1 saturated heterocycles. The van der Waals surface area contributed by atoms with E-state index in [1.807, 2.05) is 22.9 Å². The summed E-state index contributed by atoms with van der Waals surface area (Å²) in [5.74, 6) is 0.453. The third-order valence-corrected chi connectivity index (χ3v) is 6.15. The molecule has 3 heterocycles. The van der Waals surface area contributed by atoms with E-state index in [2.05, 4.69) is 32.7 Å². The molecule has 3 nitrogen and oxygen atoms in total. The fourth-order valence-electron chi connectivity index (χ4n) is 2.97. The Bertz CT molecular complexity index is 524. The minimum atomic E-state index is 0.211. The van der Waals surface area contributed by atoms with Gasteiger partial charge in [0.1, 0.15) is 0 Å². The van der Waals surface area contributed by atoms with E-state index in [1.165, 1.54) is 30.8 Å². The van der Waals surface area contributed by atoms with E-state index in [1.54, 1.807) is 11.3 Å². The third-order valence-electron chi connectivity index (χ3n) is 4.07. The van der Waals surface area contributed by atoms with E-state index in [9.17, 15) is 0 Å². The maximum absolute atomic E-state index is 6.66. The molecule has 3 rings (SSSR count). The quantitative estimate of drug-likeness (QED) is 0.707. The van der Waals surface area contributed by atoms with Gasteiger partial charge in [0.15, 0.2) is 5.13 Å². The molecule has 0 radical (unpaired) electrons. The molecule has 2 aromatic heterocycles.